The second kappa shape index (κ2) is 3.60. The van der Waals surface area contributed by atoms with E-state index in [1.54, 1.807) is 0 Å². The summed E-state index contributed by atoms with van der Waals surface area (Å²) in [6.45, 7) is 1.66. The quantitative estimate of drug-likeness (QED) is 0.538. The van der Waals surface area contributed by atoms with Gasteiger partial charge in [-0.3, -0.25) is 4.79 Å². The highest BCUT2D eigenvalue weighted by Crippen LogP contribution is 2.32. The van der Waals surface area contributed by atoms with Crippen LogP contribution in [0.25, 0.3) is 0 Å². The Kier molecular flexibility index (Phi) is 2.22. The lowest BCUT2D eigenvalue weighted by Gasteiger charge is -2.27. The van der Waals surface area contributed by atoms with Crippen LogP contribution in [0.3, 0.4) is 0 Å². The predicted molar refractivity (Wildman–Crippen MR) is 58.3 cm³/mol. The molecule has 1 N–H and O–H groups in total. The van der Waals surface area contributed by atoms with Crippen LogP contribution in [0.2, 0.25) is 0 Å². The van der Waals surface area contributed by atoms with Crippen molar-refractivity contribution < 1.29 is 4.79 Å². The molecule has 0 aromatic heterocycles. The number of hydrogen-bond acceptors (Lipinski definition) is 3. The van der Waals surface area contributed by atoms with Gasteiger partial charge in [0.15, 0.2) is 0 Å². The lowest BCUT2D eigenvalue weighted by atomic mass is 10.1. The van der Waals surface area contributed by atoms with E-state index in [0.717, 1.165) is 32.4 Å². The van der Waals surface area contributed by atoms with Gasteiger partial charge in [0.05, 0.1) is 0 Å². The summed E-state index contributed by atoms with van der Waals surface area (Å²) in [6.07, 6.45) is 5.17. The van der Waals surface area contributed by atoms with Gasteiger partial charge in [-0.05, 0) is 25.2 Å². The van der Waals surface area contributed by atoms with Crippen LogP contribution < -0.4 is 5.32 Å². The summed E-state index contributed by atoms with van der Waals surface area (Å²) in [6, 6.07) is 2.83. The highest BCUT2D eigenvalue weighted by atomic mass is 16.2. The lowest BCUT2D eigenvalue weighted by Crippen LogP contribution is -2.47. The standard InChI is InChI=1S/C12H15N3O/c13-5-9(3-8-1-2-8)12(16)15-7-10-4-11(15)6-14-10/h3,8,10-11,14H,1-2,4,6-7H2/b9-3+/t10-,11-/m0/s1. The number of rotatable bonds is 2. The summed E-state index contributed by atoms with van der Waals surface area (Å²) < 4.78 is 0. The van der Waals surface area contributed by atoms with Crippen molar-refractivity contribution in [2.45, 2.75) is 31.3 Å². The summed E-state index contributed by atoms with van der Waals surface area (Å²) in [7, 11) is 0. The van der Waals surface area contributed by atoms with Crippen LogP contribution in [0.5, 0.6) is 0 Å². The summed E-state index contributed by atoms with van der Waals surface area (Å²) >= 11 is 0. The Hall–Kier alpha value is -1.34. The molecular formula is C12H15N3O. The van der Waals surface area contributed by atoms with Crippen molar-refractivity contribution in [1.29, 1.82) is 5.26 Å². The Labute approximate surface area is 94.9 Å². The Morgan fingerprint density at radius 2 is 2.31 bits per heavy atom. The topological polar surface area (TPSA) is 56.1 Å². The third-order valence-electron chi connectivity index (χ3n) is 3.69. The normalized spacial score (nSPS) is 32.9. The van der Waals surface area contributed by atoms with Crippen LogP contribution in [-0.2, 0) is 4.79 Å². The average molecular weight is 217 g/mol. The fourth-order valence-electron chi connectivity index (χ4n) is 2.62. The van der Waals surface area contributed by atoms with Crippen LogP contribution >= 0.6 is 0 Å². The fraction of sp³-hybridized carbons (Fsp3) is 0.667. The molecule has 4 heteroatoms. The van der Waals surface area contributed by atoms with E-state index in [4.69, 9.17) is 5.26 Å². The number of piperazine rings is 1. The minimum atomic E-state index is -0.0524. The molecule has 1 saturated carbocycles. The highest BCUT2D eigenvalue weighted by molar-refractivity contribution is 5.97. The second-order valence-electron chi connectivity index (χ2n) is 4.98. The maximum absolute atomic E-state index is 12.1. The first-order valence-corrected chi connectivity index (χ1v) is 5.94. The van der Waals surface area contributed by atoms with Crippen LogP contribution in [-0.4, -0.2) is 36.0 Å². The van der Waals surface area contributed by atoms with Gasteiger partial charge in [-0.2, -0.15) is 5.26 Å². The van der Waals surface area contributed by atoms with Crippen LogP contribution in [0.15, 0.2) is 11.6 Å². The summed E-state index contributed by atoms with van der Waals surface area (Å²) in [5, 5.41) is 12.4. The van der Waals surface area contributed by atoms with Gasteiger partial charge in [0, 0.05) is 25.2 Å². The third kappa shape index (κ3) is 1.61. The van der Waals surface area contributed by atoms with Gasteiger partial charge >= 0.3 is 0 Å². The third-order valence-corrected chi connectivity index (χ3v) is 3.69. The number of carbonyl (C=O) groups excluding carboxylic acids is 1. The minimum absolute atomic E-state index is 0.0524. The van der Waals surface area contributed by atoms with Gasteiger partial charge in [-0.1, -0.05) is 6.08 Å². The largest absolute Gasteiger partial charge is 0.332 e. The number of fused-ring (bicyclic) bond motifs is 2. The molecule has 0 radical (unpaired) electrons. The predicted octanol–water partition coefficient (Wildman–Crippen LogP) is 0.419. The lowest BCUT2D eigenvalue weighted by molar-refractivity contribution is -0.127. The van der Waals surface area contributed by atoms with E-state index >= 15 is 0 Å². The van der Waals surface area contributed by atoms with Crippen LogP contribution in [0.4, 0.5) is 0 Å². The average Bonchev–Trinajstić information content (AvgIpc) is 2.87. The molecule has 3 aliphatic rings. The van der Waals surface area contributed by atoms with Gasteiger partial charge in [0.2, 0.25) is 0 Å². The van der Waals surface area contributed by atoms with E-state index in [9.17, 15) is 4.79 Å². The summed E-state index contributed by atoms with van der Waals surface area (Å²) in [5.74, 6) is 0.430. The molecule has 2 aliphatic heterocycles. The molecule has 1 aliphatic carbocycles. The summed E-state index contributed by atoms with van der Waals surface area (Å²) in [5.41, 5.74) is 0.357. The van der Waals surface area contributed by atoms with Crippen molar-refractivity contribution in [2.24, 2.45) is 5.92 Å². The van der Waals surface area contributed by atoms with Crippen molar-refractivity contribution in [2.75, 3.05) is 13.1 Å². The molecule has 16 heavy (non-hydrogen) atoms. The maximum atomic E-state index is 12.1. The zero-order valence-corrected chi connectivity index (χ0v) is 9.15. The van der Waals surface area contributed by atoms with E-state index < -0.39 is 0 Å². The first-order chi connectivity index (χ1) is 7.78. The van der Waals surface area contributed by atoms with E-state index in [-0.39, 0.29) is 5.91 Å². The molecule has 2 atom stereocenters. The first-order valence-electron chi connectivity index (χ1n) is 5.94. The van der Waals surface area contributed by atoms with E-state index in [1.165, 1.54) is 0 Å². The molecule has 2 bridgehead atoms. The molecular weight excluding hydrogens is 202 g/mol. The number of likely N-dealkylation sites (tertiary alicyclic amines) is 1. The molecule has 84 valence electrons. The molecule has 3 fully saturated rings. The Balaban J connectivity index is 1.74. The number of hydrogen-bond donors (Lipinski definition) is 1. The number of nitrogens with one attached hydrogen (secondary N) is 1. The number of allylic oxidation sites excluding steroid dienone is 1. The molecule has 0 spiro atoms. The molecule has 0 unspecified atom stereocenters. The molecule has 4 nitrogen and oxygen atoms in total. The van der Waals surface area contributed by atoms with Crippen LogP contribution in [0.1, 0.15) is 19.3 Å². The molecule has 2 heterocycles. The number of nitrogens with zero attached hydrogens (tertiary/aromatic N) is 2. The van der Waals surface area contributed by atoms with E-state index in [1.807, 2.05) is 11.0 Å². The number of carbonyl (C=O) groups is 1. The van der Waals surface area contributed by atoms with Gasteiger partial charge in [-0.15, -0.1) is 0 Å². The second-order valence-corrected chi connectivity index (χ2v) is 4.98. The van der Waals surface area contributed by atoms with Crippen molar-refractivity contribution >= 4 is 5.91 Å². The van der Waals surface area contributed by atoms with Crippen molar-refractivity contribution in [3.8, 4) is 6.07 Å². The first kappa shape index (κ1) is 9.86. The summed E-state index contributed by atoms with van der Waals surface area (Å²) in [4.78, 5) is 14.0. The van der Waals surface area contributed by atoms with Crippen molar-refractivity contribution in [1.82, 2.24) is 10.2 Å². The Morgan fingerprint density at radius 1 is 1.50 bits per heavy atom. The number of nitriles is 1. The number of amides is 1. The Morgan fingerprint density at radius 3 is 2.81 bits per heavy atom. The van der Waals surface area contributed by atoms with E-state index in [2.05, 4.69) is 11.4 Å². The minimum Gasteiger partial charge on any atom is -0.332 e. The SMILES string of the molecule is N#C/C(=C\C1CC1)C(=O)N1C[C@@H]2C[C@H]1CN2. The van der Waals surface area contributed by atoms with E-state index in [0.29, 0.717) is 23.6 Å². The van der Waals surface area contributed by atoms with Crippen molar-refractivity contribution in [3.63, 3.8) is 0 Å². The highest BCUT2D eigenvalue weighted by Gasteiger charge is 2.41. The van der Waals surface area contributed by atoms with Gasteiger partial charge in [0.1, 0.15) is 11.6 Å². The van der Waals surface area contributed by atoms with Crippen molar-refractivity contribution in [3.05, 3.63) is 11.6 Å². The van der Waals surface area contributed by atoms with Gasteiger partial charge < -0.3 is 10.2 Å². The Bertz CT molecular complexity index is 392. The molecule has 0 aromatic carbocycles. The van der Waals surface area contributed by atoms with Gasteiger partial charge in [0.25, 0.3) is 5.91 Å². The smallest absolute Gasteiger partial charge is 0.264 e. The fourth-order valence-corrected chi connectivity index (χ4v) is 2.62. The zero-order valence-electron chi connectivity index (χ0n) is 9.15. The molecule has 3 rings (SSSR count). The van der Waals surface area contributed by atoms with Crippen LogP contribution in [0, 0.1) is 17.2 Å². The van der Waals surface area contributed by atoms with Gasteiger partial charge in [-0.25, -0.2) is 0 Å². The zero-order chi connectivity index (χ0) is 11.1. The molecule has 0 aromatic rings. The maximum Gasteiger partial charge on any atom is 0.264 e. The monoisotopic (exact) mass is 217 g/mol. The molecule has 1 amide bonds. The molecule has 2 saturated heterocycles.